The molecule has 0 aliphatic rings. The van der Waals surface area contributed by atoms with E-state index < -0.39 is 0 Å². The highest BCUT2D eigenvalue weighted by molar-refractivity contribution is 6.31. The first kappa shape index (κ1) is 16.1. The van der Waals surface area contributed by atoms with Crippen LogP contribution in [0, 0.1) is 0 Å². The van der Waals surface area contributed by atoms with Crippen LogP contribution in [0.4, 0.5) is 0 Å². The molecule has 0 atom stereocenters. The van der Waals surface area contributed by atoms with Crippen LogP contribution in [0.25, 0.3) is 11.1 Å². The minimum absolute atomic E-state index is 0.481. The lowest BCUT2D eigenvalue weighted by atomic mass is 9.89. The Hall–Kier alpha value is -1.31. The van der Waals surface area contributed by atoms with Gasteiger partial charge in [0.1, 0.15) is 0 Å². The third-order valence-electron chi connectivity index (χ3n) is 4.09. The summed E-state index contributed by atoms with van der Waals surface area (Å²) in [5, 5.41) is 0.763. The fraction of sp³-hybridized carbons (Fsp3) is 0.368. The second-order valence-electron chi connectivity index (χ2n) is 5.36. The van der Waals surface area contributed by atoms with Gasteiger partial charge in [0.2, 0.25) is 0 Å². The number of nitrogens with two attached hydrogens (primary N) is 1. The van der Waals surface area contributed by atoms with Gasteiger partial charge in [0.05, 0.1) is 0 Å². The van der Waals surface area contributed by atoms with Gasteiger partial charge in [0, 0.05) is 11.6 Å². The molecule has 0 heterocycles. The Balaban J connectivity index is 2.64. The molecule has 0 fully saturated rings. The summed E-state index contributed by atoms with van der Waals surface area (Å²) in [4.78, 5) is 0. The normalized spacial score (nSPS) is 10.9. The summed E-state index contributed by atoms with van der Waals surface area (Å²) in [5.74, 6) is 0. The number of benzene rings is 2. The van der Waals surface area contributed by atoms with Gasteiger partial charge in [-0.3, -0.25) is 0 Å². The largest absolute Gasteiger partial charge is 0.326 e. The molecule has 112 valence electrons. The molecule has 0 spiro atoms. The SMILES string of the molecule is CCc1cc(CC)c(-c2ccc(CN)c(Cl)c2)c(CC)c1. The van der Waals surface area contributed by atoms with Crippen LogP contribution < -0.4 is 5.73 Å². The Kier molecular flexibility index (Phi) is 5.44. The molecule has 0 radical (unpaired) electrons. The van der Waals surface area contributed by atoms with Crippen LogP contribution in [0.5, 0.6) is 0 Å². The minimum Gasteiger partial charge on any atom is -0.326 e. The van der Waals surface area contributed by atoms with Gasteiger partial charge in [-0.25, -0.2) is 0 Å². The molecule has 0 aromatic heterocycles. The molecule has 0 saturated carbocycles. The first-order chi connectivity index (χ1) is 10.1. The van der Waals surface area contributed by atoms with Crippen LogP contribution in [0.15, 0.2) is 30.3 Å². The monoisotopic (exact) mass is 301 g/mol. The van der Waals surface area contributed by atoms with Crippen molar-refractivity contribution < 1.29 is 0 Å². The van der Waals surface area contributed by atoms with Crippen molar-refractivity contribution in [3.63, 3.8) is 0 Å². The molecular formula is C19H24ClN. The second kappa shape index (κ2) is 7.11. The van der Waals surface area contributed by atoms with E-state index in [1.807, 2.05) is 6.07 Å². The fourth-order valence-corrected chi connectivity index (χ4v) is 3.10. The summed E-state index contributed by atoms with van der Waals surface area (Å²) in [6.07, 6.45) is 3.14. The van der Waals surface area contributed by atoms with E-state index in [1.54, 1.807) is 0 Å². The van der Waals surface area contributed by atoms with Crippen molar-refractivity contribution in [2.75, 3.05) is 0 Å². The average molecular weight is 302 g/mol. The zero-order valence-electron chi connectivity index (χ0n) is 13.2. The zero-order valence-corrected chi connectivity index (χ0v) is 13.9. The molecule has 0 amide bonds. The number of hydrogen-bond donors (Lipinski definition) is 1. The van der Waals surface area contributed by atoms with Gasteiger partial charge in [-0.15, -0.1) is 0 Å². The molecule has 2 aromatic rings. The molecule has 0 bridgehead atoms. The summed E-state index contributed by atoms with van der Waals surface area (Å²) >= 11 is 6.35. The standard InChI is InChI=1S/C19H24ClN/c1-4-13-9-14(5-2)19(15(6-3)10-13)16-7-8-17(12-21)18(20)11-16/h7-11H,4-6,12,21H2,1-3H3. The topological polar surface area (TPSA) is 26.0 Å². The molecule has 2 rings (SSSR count). The summed E-state index contributed by atoms with van der Waals surface area (Å²) in [5.41, 5.74) is 13.5. The third kappa shape index (κ3) is 3.30. The molecule has 2 heteroatoms. The van der Waals surface area contributed by atoms with E-state index in [0.717, 1.165) is 29.8 Å². The van der Waals surface area contributed by atoms with E-state index >= 15 is 0 Å². The lowest BCUT2D eigenvalue weighted by molar-refractivity contribution is 1.04. The Bertz CT molecular complexity index is 606. The number of aryl methyl sites for hydroxylation is 3. The lowest BCUT2D eigenvalue weighted by Crippen LogP contribution is -2.00. The van der Waals surface area contributed by atoms with Crippen LogP contribution >= 0.6 is 11.6 Å². The van der Waals surface area contributed by atoms with Gasteiger partial charge in [0.15, 0.2) is 0 Å². The van der Waals surface area contributed by atoms with Gasteiger partial charge >= 0.3 is 0 Å². The quantitative estimate of drug-likeness (QED) is 0.811. The maximum atomic E-state index is 6.35. The van der Waals surface area contributed by atoms with Gasteiger partial charge in [0.25, 0.3) is 0 Å². The highest BCUT2D eigenvalue weighted by Gasteiger charge is 2.12. The smallest absolute Gasteiger partial charge is 0.0457 e. The van der Waals surface area contributed by atoms with E-state index in [4.69, 9.17) is 17.3 Å². The summed E-state index contributed by atoms with van der Waals surface area (Å²) in [6.45, 7) is 7.12. The molecule has 21 heavy (non-hydrogen) atoms. The molecule has 1 nitrogen and oxygen atoms in total. The summed E-state index contributed by atoms with van der Waals surface area (Å²) in [7, 11) is 0. The molecule has 2 aromatic carbocycles. The molecule has 0 aliphatic carbocycles. The first-order valence-corrected chi connectivity index (χ1v) is 8.15. The van der Waals surface area contributed by atoms with Crippen molar-refractivity contribution in [2.45, 2.75) is 46.6 Å². The fourth-order valence-electron chi connectivity index (χ4n) is 2.84. The van der Waals surface area contributed by atoms with Gasteiger partial charge in [-0.05, 0) is 58.7 Å². The highest BCUT2D eigenvalue weighted by Crippen LogP contribution is 2.33. The van der Waals surface area contributed by atoms with Crippen molar-refractivity contribution in [1.82, 2.24) is 0 Å². The van der Waals surface area contributed by atoms with Crippen LogP contribution in [0.2, 0.25) is 5.02 Å². The predicted octanol–water partition coefficient (Wildman–Crippen LogP) is 5.15. The van der Waals surface area contributed by atoms with Crippen molar-refractivity contribution in [3.05, 3.63) is 57.6 Å². The van der Waals surface area contributed by atoms with Crippen LogP contribution in [0.1, 0.15) is 43.0 Å². The molecular weight excluding hydrogens is 278 g/mol. The van der Waals surface area contributed by atoms with Gasteiger partial charge in [-0.1, -0.05) is 56.6 Å². The van der Waals surface area contributed by atoms with Crippen LogP contribution in [0.3, 0.4) is 0 Å². The van der Waals surface area contributed by atoms with E-state index in [-0.39, 0.29) is 0 Å². The van der Waals surface area contributed by atoms with Gasteiger partial charge < -0.3 is 5.73 Å². The Morgan fingerprint density at radius 1 is 0.857 bits per heavy atom. The Morgan fingerprint density at radius 3 is 1.90 bits per heavy atom. The zero-order chi connectivity index (χ0) is 15.4. The van der Waals surface area contributed by atoms with E-state index in [0.29, 0.717) is 6.54 Å². The molecule has 0 aliphatic heterocycles. The predicted molar refractivity (Wildman–Crippen MR) is 92.9 cm³/mol. The van der Waals surface area contributed by atoms with Crippen LogP contribution in [-0.2, 0) is 25.8 Å². The number of rotatable bonds is 5. The second-order valence-corrected chi connectivity index (χ2v) is 5.77. The molecule has 0 saturated heterocycles. The van der Waals surface area contributed by atoms with Crippen molar-refractivity contribution in [3.8, 4) is 11.1 Å². The third-order valence-corrected chi connectivity index (χ3v) is 4.45. The highest BCUT2D eigenvalue weighted by atomic mass is 35.5. The van der Waals surface area contributed by atoms with E-state index in [9.17, 15) is 0 Å². The summed E-state index contributed by atoms with van der Waals surface area (Å²) < 4.78 is 0. The number of halogens is 1. The van der Waals surface area contributed by atoms with Gasteiger partial charge in [-0.2, -0.15) is 0 Å². The number of hydrogen-bond acceptors (Lipinski definition) is 1. The minimum atomic E-state index is 0.481. The Morgan fingerprint density at radius 2 is 1.48 bits per heavy atom. The average Bonchev–Trinajstić information content (AvgIpc) is 2.53. The van der Waals surface area contributed by atoms with Crippen LogP contribution in [-0.4, -0.2) is 0 Å². The van der Waals surface area contributed by atoms with Crippen molar-refractivity contribution in [1.29, 1.82) is 0 Å². The maximum Gasteiger partial charge on any atom is 0.0457 e. The first-order valence-electron chi connectivity index (χ1n) is 7.78. The lowest BCUT2D eigenvalue weighted by Gasteiger charge is -2.17. The van der Waals surface area contributed by atoms with E-state index in [2.05, 4.69) is 45.0 Å². The molecule has 2 N–H and O–H groups in total. The van der Waals surface area contributed by atoms with E-state index in [1.165, 1.54) is 27.8 Å². The van der Waals surface area contributed by atoms with Crippen molar-refractivity contribution >= 4 is 11.6 Å². The maximum absolute atomic E-state index is 6.35. The summed E-state index contributed by atoms with van der Waals surface area (Å²) in [6, 6.07) is 10.9. The Labute approximate surface area is 133 Å². The van der Waals surface area contributed by atoms with Crippen molar-refractivity contribution in [2.24, 2.45) is 5.73 Å². The molecule has 0 unspecified atom stereocenters.